The van der Waals surface area contributed by atoms with E-state index in [0.717, 1.165) is 106 Å². The van der Waals surface area contributed by atoms with Crippen LogP contribution >= 0.6 is 34.8 Å². The Morgan fingerprint density at radius 3 is 1.77 bits per heavy atom. The van der Waals surface area contributed by atoms with E-state index in [4.69, 9.17) is 64.2 Å². The number of hydrogen-bond donors (Lipinski definition) is 1. The molecule has 4 atom stereocenters. The van der Waals surface area contributed by atoms with Gasteiger partial charge < -0.3 is 19.7 Å². The molecular weight excluding hydrogens is 823 g/mol. The van der Waals surface area contributed by atoms with E-state index in [1.807, 2.05) is 25.1 Å². The normalized spacial score (nSPS) is 17.7. The van der Waals surface area contributed by atoms with Crippen LogP contribution in [-0.2, 0) is 48.0 Å². The fourth-order valence-corrected chi connectivity index (χ4v) is 9.56. The second kappa shape index (κ2) is 19.6. The first-order valence-electron chi connectivity index (χ1n) is 21.3. The summed E-state index contributed by atoms with van der Waals surface area (Å²) in [7, 11) is 5.67. The van der Waals surface area contributed by atoms with Crippen molar-refractivity contribution in [1.29, 1.82) is 0 Å². The number of nitrogens with zero attached hydrogens (tertiary/aromatic N) is 5. The zero-order chi connectivity index (χ0) is 43.4. The number of halogens is 3. The van der Waals surface area contributed by atoms with Crippen molar-refractivity contribution in [2.24, 2.45) is 0 Å². The zero-order valence-electron chi connectivity index (χ0n) is 36.3. The largest absolute Gasteiger partial charge is 0.379 e. The molecule has 0 aliphatic heterocycles. The number of aryl methyl sites for hydroxylation is 5. The van der Waals surface area contributed by atoms with Crippen LogP contribution in [0.25, 0.3) is 22.5 Å². The number of rotatable bonds is 12. The molecule has 0 unspecified atom stereocenters. The topological polar surface area (TPSA) is 85.3 Å². The predicted octanol–water partition coefficient (Wildman–Crippen LogP) is 12.3. The molecule has 2 aromatic heterocycles. The van der Waals surface area contributed by atoms with E-state index >= 15 is 0 Å². The summed E-state index contributed by atoms with van der Waals surface area (Å²) >= 11 is 19.2. The van der Waals surface area contributed by atoms with Crippen molar-refractivity contribution in [2.45, 2.75) is 97.4 Å². The summed E-state index contributed by atoms with van der Waals surface area (Å²) in [4.78, 5) is 22.4. The number of nitrogens with one attached hydrogen (secondary N) is 1. The molecule has 2 aliphatic carbocycles. The molecule has 8 nitrogen and oxygen atoms in total. The van der Waals surface area contributed by atoms with Crippen molar-refractivity contribution < 1.29 is 9.47 Å². The Bertz CT molecular complexity index is 2510. The molecule has 0 bridgehead atoms. The van der Waals surface area contributed by atoms with E-state index in [1.54, 1.807) is 20.3 Å². The minimum Gasteiger partial charge on any atom is -0.379 e. The van der Waals surface area contributed by atoms with Crippen LogP contribution in [0.15, 0.2) is 84.9 Å². The standard InChI is InChI=1S/C26H30ClN3O.C24H25Cl2N3O/c1-6-21-24(19-13-12-16(3)14-20(19)27)28-22(7-2)26(29-21)30(4)25-18-11-9-8-10-17(18)15-23(25)31-5;1-4-19-22(17-11-10-15(25)13-18(17)26)27-20(5-2)24(28-19)29-23-16-9-7-6-8-14(16)12-21(23)30-3/h8-14,23,25H,6-7,15H2,1-5H3;6-11,13,21,23H,4-5,12H2,1-3H3,(H,28,29)/t23-,25-;21-,23-/m00/s1. The van der Waals surface area contributed by atoms with E-state index in [-0.39, 0.29) is 24.3 Å². The molecule has 8 rings (SSSR count). The molecule has 2 aliphatic rings. The third kappa shape index (κ3) is 9.16. The summed E-state index contributed by atoms with van der Waals surface area (Å²) in [5.41, 5.74) is 13.6. The van der Waals surface area contributed by atoms with E-state index in [2.05, 4.69) is 106 Å². The van der Waals surface area contributed by atoms with Crippen LogP contribution in [0.2, 0.25) is 15.1 Å². The molecule has 11 heteroatoms. The maximum atomic E-state index is 6.59. The van der Waals surface area contributed by atoms with E-state index in [0.29, 0.717) is 10.0 Å². The van der Waals surface area contributed by atoms with Gasteiger partial charge in [-0.1, -0.05) is 123 Å². The Labute approximate surface area is 376 Å². The van der Waals surface area contributed by atoms with Crippen molar-refractivity contribution in [3.05, 3.63) is 151 Å². The van der Waals surface area contributed by atoms with Gasteiger partial charge in [0.1, 0.15) is 5.82 Å². The van der Waals surface area contributed by atoms with Gasteiger partial charge in [0, 0.05) is 50.3 Å². The second-order valence-corrected chi connectivity index (χ2v) is 16.9. The monoisotopic (exact) mass is 876 g/mol. The highest BCUT2D eigenvalue weighted by Gasteiger charge is 2.37. The van der Waals surface area contributed by atoms with Crippen molar-refractivity contribution in [3.63, 3.8) is 0 Å². The van der Waals surface area contributed by atoms with Gasteiger partial charge in [-0.25, -0.2) is 19.9 Å². The van der Waals surface area contributed by atoms with Crippen LogP contribution in [0.4, 0.5) is 11.6 Å². The molecule has 61 heavy (non-hydrogen) atoms. The van der Waals surface area contributed by atoms with Crippen LogP contribution in [0, 0.1) is 6.92 Å². The highest BCUT2D eigenvalue weighted by Crippen LogP contribution is 2.41. The highest BCUT2D eigenvalue weighted by molar-refractivity contribution is 6.36. The van der Waals surface area contributed by atoms with Crippen LogP contribution < -0.4 is 10.2 Å². The second-order valence-electron chi connectivity index (χ2n) is 15.7. The molecule has 1 N–H and O–H groups in total. The molecule has 6 aromatic rings. The van der Waals surface area contributed by atoms with E-state index < -0.39 is 0 Å². The number of anilines is 2. The molecular formula is C50H55Cl3N6O2. The number of fused-ring (bicyclic) bond motifs is 2. The van der Waals surface area contributed by atoms with Crippen LogP contribution in [0.3, 0.4) is 0 Å². The van der Waals surface area contributed by atoms with E-state index in [9.17, 15) is 0 Å². The average molecular weight is 878 g/mol. The van der Waals surface area contributed by atoms with Gasteiger partial charge in [-0.15, -0.1) is 0 Å². The Morgan fingerprint density at radius 1 is 0.623 bits per heavy atom. The first kappa shape index (κ1) is 44.5. The summed E-state index contributed by atoms with van der Waals surface area (Å²) < 4.78 is 11.7. The first-order chi connectivity index (χ1) is 29.5. The SMILES string of the molecule is CCc1nc(-c2ccc(Cl)cc2Cl)c(CC)nc1N[C@H]1c2ccccc2C[C@@H]1OC.CCc1nc(N(C)[C@H]2c3ccccc3C[C@@H]2OC)c(CC)nc1-c1ccc(C)cc1Cl. The number of hydrogen-bond acceptors (Lipinski definition) is 8. The van der Waals surface area contributed by atoms with Gasteiger partial charge in [0.15, 0.2) is 5.82 Å². The number of aromatic nitrogens is 4. The highest BCUT2D eigenvalue weighted by atomic mass is 35.5. The Balaban J connectivity index is 0.000000184. The summed E-state index contributed by atoms with van der Waals surface area (Å²) in [5, 5.41) is 5.55. The molecule has 0 saturated carbocycles. The lowest BCUT2D eigenvalue weighted by molar-refractivity contribution is 0.0889. The zero-order valence-corrected chi connectivity index (χ0v) is 38.6. The maximum absolute atomic E-state index is 6.59. The lowest BCUT2D eigenvalue weighted by Gasteiger charge is -2.32. The quantitative estimate of drug-likeness (QED) is 0.130. The lowest BCUT2D eigenvalue weighted by Crippen LogP contribution is -2.34. The summed E-state index contributed by atoms with van der Waals surface area (Å²) in [6.45, 7) is 10.5. The molecule has 318 valence electrons. The van der Waals surface area contributed by atoms with Gasteiger partial charge in [0.2, 0.25) is 0 Å². The summed E-state index contributed by atoms with van der Waals surface area (Å²) in [6, 6.07) is 28.8. The Morgan fingerprint density at radius 2 is 1.16 bits per heavy atom. The van der Waals surface area contributed by atoms with E-state index in [1.165, 1.54) is 22.3 Å². The van der Waals surface area contributed by atoms with Gasteiger partial charge >= 0.3 is 0 Å². The number of benzene rings is 4. The molecule has 0 radical (unpaired) electrons. The van der Waals surface area contributed by atoms with Gasteiger partial charge in [-0.05, 0) is 84.7 Å². The molecule has 0 fully saturated rings. The van der Waals surface area contributed by atoms with Gasteiger partial charge in [0.25, 0.3) is 0 Å². The lowest BCUT2D eigenvalue weighted by atomic mass is 10.0. The van der Waals surface area contributed by atoms with Gasteiger partial charge in [-0.2, -0.15) is 0 Å². The van der Waals surface area contributed by atoms with Crippen LogP contribution in [0.1, 0.15) is 90.4 Å². The van der Waals surface area contributed by atoms with Gasteiger partial charge in [0.05, 0.1) is 68.5 Å². The third-order valence-corrected chi connectivity index (χ3v) is 12.8. The summed E-state index contributed by atoms with van der Waals surface area (Å²) in [6.07, 6.45) is 5.02. The minimum atomic E-state index is 0.0421. The fourth-order valence-electron chi connectivity index (χ4n) is 8.73. The molecule has 4 aromatic carbocycles. The van der Waals surface area contributed by atoms with Crippen molar-refractivity contribution >= 4 is 46.4 Å². The molecule has 0 amide bonds. The van der Waals surface area contributed by atoms with Gasteiger partial charge in [-0.3, -0.25) is 0 Å². The minimum absolute atomic E-state index is 0.0421. The van der Waals surface area contributed by atoms with Crippen molar-refractivity contribution in [1.82, 2.24) is 19.9 Å². The maximum Gasteiger partial charge on any atom is 0.151 e. The van der Waals surface area contributed by atoms with Crippen LogP contribution in [-0.4, -0.2) is 53.4 Å². The Hall–Kier alpha value is -4.57. The van der Waals surface area contributed by atoms with Crippen molar-refractivity contribution in [3.8, 4) is 22.5 Å². The summed E-state index contributed by atoms with van der Waals surface area (Å²) in [5.74, 6) is 1.74. The Kier molecular flexibility index (Phi) is 14.3. The fraction of sp³-hybridized carbons (Fsp3) is 0.360. The molecule has 0 spiro atoms. The first-order valence-corrected chi connectivity index (χ1v) is 22.4. The number of likely N-dealkylation sites (N-methyl/N-ethyl adjacent to an activating group) is 1. The predicted molar refractivity (Wildman–Crippen MR) is 252 cm³/mol. The third-order valence-electron chi connectivity index (χ3n) is 11.9. The average Bonchev–Trinajstić information content (AvgIpc) is 3.84. The number of ether oxygens (including phenoxy) is 2. The van der Waals surface area contributed by atoms with Crippen molar-refractivity contribution in [2.75, 3.05) is 31.5 Å². The smallest absolute Gasteiger partial charge is 0.151 e. The molecule has 0 saturated heterocycles. The molecule has 2 heterocycles. The van der Waals surface area contributed by atoms with Crippen LogP contribution in [0.5, 0.6) is 0 Å². The number of methoxy groups -OCH3 is 2.